The third kappa shape index (κ3) is 2.10. The third-order valence-electron chi connectivity index (χ3n) is 2.69. The number of hydrogen-bond acceptors (Lipinski definition) is 3. The predicted molar refractivity (Wildman–Crippen MR) is 65.4 cm³/mol. The van der Waals surface area contributed by atoms with E-state index in [0.717, 1.165) is 24.3 Å². The molecule has 0 radical (unpaired) electrons. The molecule has 0 aromatic heterocycles. The largest absolute Gasteiger partial charge is 0.369 e. The van der Waals surface area contributed by atoms with Gasteiger partial charge in [0.2, 0.25) is 0 Å². The highest BCUT2D eigenvalue weighted by atomic mass is 32.2. The highest BCUT2D eigenvalue weighted by Crippen LogP contribution is 2.26. The molecule has 78 valence electrons. The van der Waals surface area contributed by atoms with Crippen molar-refractivity contribution in [3.63, 3.8) is 0 Å². The standard InChI is InChI=1S/C12H14N2S/c1-10-3-2-4-11(9-13)12(10)14-5-7-15-8-6-14/h2-4H,5-8H2,1H3. The van der Waals surface area contributed by atoms with E-state index in [9.17, 15) is 0 Å². The van der Waals surface area contributed by atoms with Crippen LogP contribution in [0.4, 0.5) is 5.69 Å². The zero-order chi connectivity index (χ0) is 10.7. The number of hydrogen-bond donors (Lipinski definition) is 0. The van der Waals surface area contributed by atoms with Gasteiger partial charge in [0.15, 0.2) is 0 Å². The van der Waals surface area contributed by atoms with Crippen molar-refractivity contribution in [2.75, 3.05) is 29.5 Å². The van der Waals surface area contributed by atoms with Crippen molar-refractivity contribution in [1.82, 2.24) is 0 Å². The second-order valence-electron chi connectivity index (χ2n) is 3.68. The van der Waals surface area contributed by atoms with Crippen molar-refractivity contribution in [1.29, 1.82) is 5.26 Å². The Bertz CT molecular complexity index is 389. The zero-order valence-corrected chi connectivity index (χ0v) is 9.68. The van der Waals surface area contributed by atoms with Crippen LogP contribution in [0.2, 0.25) is 0 Å². The van der Waals surface area contributed by atoms with Crippen LogP contribution in [0.3, 0.4) is 0 Å². The van der Waals surface area contributed by atoms with E-state index >= 15 is 0 Å². The Labute approximate surface area is 94.9 Å². The molecule has 0 saturated carbocycles. The van der Waals surface area contributed by atoms with Gasteiger partial charge in [0.05, 0.1) is 11.3 Å². The molecule has 1 saturated heterocycles. The van der Waals surface area contributed by atoms with Crippen LogP contribution in [0.5, 0.6) is 0 Å². The summed E-state index contributed by atoms with van der Waals surface area (Å²) in [5.74, 6) is 2.33. The summed E-state index contributed by atoms with van der Waals surface area (Å²) in [7, 11) is 0. The minimum Gasteiger partial charge on any atom is -0.369 e. The number of thioether (sulfide) groups is 1. The van der Waals surface area contributed by atoms with Crippen molar-refractivity contribution in [3.8, 4) is 6.07 Å². The number of nitrogens with zero attached hydrogens (tertiary/aromatic N) is 2. The minimum absolute atomic E-state index is 0.807. The molecule has 0 spiro atoms. The maximum absolute atomic E-state index is 9.09. The molecule has 0 bridgehead atoms. The number of nitriles is 1. The Kier molecular flexibility index (Phi) is 3.17. The van der Waals surface area contributed by atoms with Crippen molar-refractivity contribution in [2.45, 2.75) is 6.92 Å². The van der Waals surface area contributed by atoms with Crippen LogP contribution in [0.15, 0.2) is 18.2 Å². The molecule has 0 atom stereocenters. The Hall–Kier alpha value is -1.14. The van der Waals surface area contributed by atoms with E-state index in [1.807, 2.05) is 23.9 Å². The van der Waals surface area contributed by atoms with Crippen LogP contribution in [-0.2, 0) is 0 Å². The molecule has 0 amide bonds. The molecule has 0 unspecified atom stereocenters. The lowest BCUT2D eigenvalue weighted by Crippen LogP contribution is -2.33. The summed E-state index contributed by atoms with van der Waals surface area (Å²) >= 11 is 1.99. The van der Waals surface area contributed by atoms with Crippen LogP contribution in [0, 0.1) is 18.3 Å². The van der Waals surface area contributed by atoms with Crippen molar-refractivity contribution >= 4 is 17.4 Å². The quantitative estimate of drug-likeness (QED) is 0.724. The topological polar surface area (TPSA) is 27.0 Å². The first-order valence-corrected chi connectivity index (χ1v) is 6.31. The van der Waals surface area contributed by atoms with Gasteiger partial charge in [0.1, 0.15) is 6.07 Å². The Balaban J connectivity index is 2.37. The van der Waals surface area contributed by atoms with Crippen LogP contribution in [-0.4, -0.2) is 24.6 Å². The molecule has 1 aliphatic heterocycles. The molecule has 1 aromatic carbocycles. The van der Waals surface area contributed by atoms with Crippen molar-refractivity contribution in [3.05, 3.63) is 29.3 Å². The van der Waals surface area contributed by atoms with E-state index in [1.165, 1.54) is 17.1 Å². The number of anilines is 1. The lowest BCUT2D eigenvalue weighted by atomic mass is 10.1. The minimum atomic E-state index is 0.807. The summed E-state index contributed by atoms with van der Waals surface area (Å²) in [6, 6.07) is 8.23. The van der Waals surface area contributed by atoms with Crippen molar-refractivity contribution < 1.29 is 0 Å². The molecular weight excluding hydrogens is 204 g/mol. The molecule has 1 heterocycles. The van der Waals surface area contributed by atoms with E-state index in [0.29, 0.717) is 0 Å². The smallest absolute Gasteiger partial charge is 0.101 e. The maximum atomic E-state index is 9.09. The summed E-state index contributed by atoms with van der Waals surface area (Å²) < 4.78 is 0. The van der Waals surface area contributed by atoms with E-state index < -0.39 is 0 Å². The van der Waals surface area contributed by atoms with Gasteiger partial charge in [0, 0.05) is 24.6 Å². The van der Waals surface area contributed by atoms with Crippen LogP contribution in [0.1, 0.15) is 11.1 Å². The van der Waals surface area contributed by atoms with E-state index in [4.69, 9.17) is 5.26 Å². The van der Waals surface area contributed by atoms with Gasteiger partial charge >= 0.3 is 0 Å². The van der Waals surface area contributed by atoms with Crippen LogP contribution >= 0.6 is 11.8 Å². The second-order valence-corrected chi connectivity index (χ2v) is 4.91. The fraction of sp³-hybridized carbons (Fsp3) is 0.417. The van der Waals surface area contributed by atoms with E-state index in [1.54, 1.807) is 0 Å². The summed E-state index contributed by atoms with van der Waals surface area (Å²) in [5.41, 5.74) is 3.16. The molecule has 2 rings (SSSR count). The van der Waals surface area contributed by atoms with E-state index in [-0.39, 0.29) is 0 Å². The predicted octanol–water partition coefficient (Wildman–Crippen LogP) is 2.42. The fourth-order valence-electron chi connectivity index (χ4n) is 1.96. The van der Waals surface area contributed by atoms with Gasteiger partial charge in [-0.2, -0.15) is 17.0 Å². The number of para-hydroxylation sites is 1. The average Bonchev–Trinajstić information content (AvgIpc) is 2.29. The number of benzene rings is 1. The molecule has 1 aromatic rings. The molecule has 1 fully saturated rings. The zero-order valence-electron chi connectivity index (χ0n) is 8.86. The number of aryl methyl sites for hydroxylation is 1. The molecule has 3 heteroatoms. The normalized spacial score (nSPS) is 16.1. The Morgan fingerprint density at radius 1 is 1.33 bits per heavy atom. The molecule has 15 heavy (non-hydrogen) atoms. The Morgan fingerprint density at radius 3 is 2.73 bits per heavy atom. The van der Waals surface area contributed by atoms with Crippen LogP contribution in [0.25, 0.3) is 0 Å². The lowest BCUT2D eigenvalue weighted by molar-refractivity contribution is 0.852. The summed E-state index contributed by atoms with van der Waals surface area (Å²) in [6.45, 7) is 4.20. The van der Waals surface area contributed by atoms with Gasteiger partial charge in [-0.25, -0.2) is 0 Å². The summed E-state index contributed by atoms with van der Waals surface area (Å²) in [5, 5.41) is 9.09. The molecule has 1 aliphatic rings. The first-order chi connectivity index (χ1) is 7.33. The van der Waals surface area contributed by atoms with Gasteiger partial charge in [0.25, 0.3) is 0 Å². The molecular formula is C12H14N2S. The monoisotopic (exact) mass is 218 g/mol. The van der Waals surface area contributed by atoms with Gasteiger partial charge in [-0.15, -0.1) is 0 Å². The Morgan fingerprint density at radius 2 is 2.07 bits per heavy atom. The molecule has 0 N–H and O–H groups in total. The van der Waals surface area contributed by atoms with Gasteiger partial charge in [-0.1, -0.05) is 12.1 Å². The lowest BCUT2D eigenvalue weighted by Gasteiger charge is -2.30. The second kappa shape index (κ2) is 4.59. The highest BCUT2D eigenvalue weighted by molar-refractivity contribution is 7.99. The van der Waals surface area contributed by atoms with Crippen molar-refractivity contribution in [2.24, 2.45) is 0 Å². The average molecular weight is 218 g/mol. The van der Waals surface area contributed by atoms with Crippen LogP contribution < -0.4 is 4.90 Å². The summed E-state index contributed by atoms with van der Waals surface area (Å²) in [6.07, 6.45) is 0. The first-order valence-electron chi connectivity index (χ1n) is 5.15. The fourth-order valence-corrected chi connectivity index (χ4v) is 2.86. The highest BCUT2D eigenvalue weighted by Gasteiger charge is 2.16. The van der Waals surface area contributed by atoms with Gasteiger partial charge in [-0.05, 0) is 18.6 Å². The van der Waals surface area contributed by atoms with Gasteiger partial charge in [-0.3, -0.25) is 0 Å². The first kappa shape index (κ1) is 10.4. The van der Waals surface area contributed by atoms with E-state index in [2.05, 4.69) is 24.0 Å². The summed E-state index contributed by atoms with van der Waals surface area (Å²) in [4.78, 5) is 2.34. The molecule has 2 nitrogen and oxygen atoms in total. The number of rotatable bonds is 1. The SMILES string of the molecule is Cc1cccc(C#N)c1N1CCSCC1. The van der Waals surface area contributed by atoms with Gasteiger partial charge < -0.3 is 4.90 Å². The molecule has 0 aliphatic carbocycles. The third-order valence-corrected chi connectivity index (χ3v) is 3.63. The maximum Gasteiger partial charge on any atom is 0.101 e.